The number of piperidine rings is 1. The lowest BCUT2D eigenvalue weighted by Gasteiger charge is -2.31. The minimum atomic E-state index is -3.63. The zero-order valence-corrected chi connectivity index (χ0v) is 20.1. The molecule has 0 aliphatic carbocycles. The number of rotatable bonds is 6. The number of hydrogen-bond acceptors (Lipinski definition) is 5. The van der Waals surface area contributed by atoms with E-state index in [1.165, 1.54) is 11.4 Å². The van der Waals surface area contributed by atoms with Crippen LogP contribution < -0.4 is 5.32 Å². The molecule has 1 aliphatic rings. The highest BCUT2D eigenvalue weighted by atomic mass is 35.5. The molecule has 1 heterocycles. The minimum Gasteiger partial charge on any atom is -0.465 e. The van der Waals surface area contributed by atoms with Crippen LogP contribution in [0, 0.1) is 12.8 Å². The molecule has 1 amide bonds. The number of nitrogens with zero attached hydrogens (tertiary/aromatic N) is 1. The third kappa shape index (κ3) is 5.43. The molecule has 172 valence electrons. The first-order valence-electron chi connectivity index (χ1n) is 10.0. The Labute approximate surface area is 197 Å². The van der Waals surface area contributed by atoms with Crippen LogP contribution in [-0.2, 0) is 25.3 Å². The molecule has 0 spiro atoms. The fourth-order valence-corrected chi connectivity index (χ4v) is 5.99. The molecule has 1 N–H and O–H groups in total. The smallest absolute Gasteiger partial charge is 0.338 e. The van der Waals surface area contributed by atoms with Gasteiger partial charge in [0.1, 0.15) is 0 Å². The summed E-state index contributed by atoms with van der Waals surface area (Å²) in [5, 5.41) is 3.47. The summed E-state index contributed by atoms with van der Waals surface area (Å²) in [6, 6.07) is 9.88. The molecule has 0 radical (unpaired) electrons. The second-order valence-electron chi connectivity index (χ2n) is 7.59. The summed E-state index contributed by atoms with van der Waals surface area (Å²) in [5.74, 6) is -1.31. The van der Waals surface area contributed by atoms with Crippen molar-refractivity contribution < 1.29 is 22.7 Å². The van der Waals surface area contributed by atoms with E-state index in [1.54, 1.807) is 43.3 Å². The number of carbonyl (C=O) groups excluding carboxylic acids is 2. The van der Waals surface area contributed by atoms with Gasteiger partial charge in [-0.05, 0) is 49.6 Å². The standard InChI is InChI=1S/C22H24Cl2N2O5S/c1-14-16(22(28)31-2)5-3-8-20(14)25-21(27)15-9-11-26(12-10-15)32(29,30)13-17-18(23)6-4-7-19(17)24/h3-8,15H,9-13H2,1-2H3,(H,25,27). The second-order valence-corrected chi connectivity index (χ2v) is 10.4. The lowest BCUT2D eigenvalue weighted by molar-refractivity contribution is -0.120. The Morgan fingerprint density at radius 3 is 2.28 bits per heavy atom. The molecule has 3 rings (SSSR count). The number of ether oxygens (including phenoxy) is 1. The monoisotopic (exact) mass is 498 g/mol. The first-order valence-corrected chi connectivity index (χ1v) is 12.4. The number of nitrogens with one attached hydrogen (secondary N) is 1. The van der Waals surface area contributed by atoms with E-state index in [4.69, 9.17) is 27.9 Å². The number of halogens is 2. The third-order valence-electron chi connectivity index (χ3n) is 5.60. The van der Waals surface area contributed by atoms with Gasteiger partial charge in [-0.1, -0.05) is 35.3 Å². The van der Waals surface area contributed by atoms with Crippen molar-refractivity contribution >= 4 is 50.8 Å². The fourth-order valence-electron chi connectivity index (χ4n) is 3.68. The van der Waals surface area contributed by atoms with Crippen LogP contribution in [0.2, 0.25) is 10.0 Å². The van der Waals surface area contributed by atoms with E-state index in [9.17, 15) is 18.0 Å². The predicted molar refractivity (Wildman–Crippen MR) is 125 cm³/mol. The number of hydrogen-bond donors (Lipinski definition) is 1. The number of anilines is 1. The summed E-state index contributed by atoms with van der Waals surface area (Å²) in [4.78, 5) is 24.6. The molecule has 0 aromatic heterocycles. The van der Waals surface area contributed by atoms with Crippen molar-refractivity contribution in [3.05, 3.63) is 63.1 Å². The van der Waals surface area contributed by atoms with Crippen molar-refractivity contribution in [2.24, 2.45) is 5.92 Å². The summed E-state index contributed by atoms with van der Waals surface area (Å²) in [5.41, 5.74) is 1.90. The largest absolute Gasteiger partial charge is 0.465 e. The number of methoxy groups -OCH3 is 1. The van der Waals surface area contributed by atoms with Crippen molar-refractivity contribution in [3.63, 3.8) is 0 Å². The predicted octanol–water partition coefficient (Wildman–Crippen LogP) is 4.27. The highest BCUT2D eigenvalue weighted by Gasteiger charge is 2.32. The molecule has 7 nitrogen and oxygen atoms in total. The lowest BCUT2D eigenvalue weighted by Crippen LogP contribution is -2.42. The number of benzene rings is 2. The first kappa shape index (κ1) is 24.5. The quantitative estimate of drug-likeness (QED) is 0.600. The molecule has 32 heavy (non-hydrogen) atoms. The van der Waals surface area contributed by atoms with Crippen LogP contribution in [0.15, 0.2) is 36.4 Å². The van der Waals surface area contributed by atoms with E-state index in [0.29, 0.717) is 45.3 Å². The normalized spacial score (nSPS) is 15.4. The molecule has 0 bridgehead atoms. The van der Waals surface area contributed by atoms with Crippen LogP contribution in [0.3, 0.4) is 0 Å². The van der Waals surface area contributed by atoms with Crippen LogP contribution in [-0.4, -0.2) is 44.8 Å². The van der Waals surface area contributed by atoms with Crippen LogP contribution in [0.25, 0.3) is 0 Å². The molecule has 10 heteroatoms. The number of esters is 1. The van der Waals surface area contributed by atoms with Crippen LogP contribution in [0.5, 0.6) is 0 Å². The Morgan fingerprint density at radius 1 is 1.09 bits per heavy atom. The lowest BCUT2D eigenvalue weighted by atomic mass is 9.96. The average Bonchev–Trinajstić information content (AvgIpc) is 2.77. The van der Waals surface area contributed by atoms with Gasteiger partial charge in [0.2, 0.25) is 15.9 Å². The maximum absolute atomic E-state index is 12.9. The van der Waals surface area contributed by atoms with E-state index in [-0.39, 0.29) is 30.7 Å². The van der Waals surface area contributed by atoms with E-state index < -0.39 is 16.0 Å². The van der Waals surface area contributed by atoms with Crippen LogP contribution in [0.1, 0.15) is 34.3 Å². The summed E-state index contributed by atoms with van der Waals surface area (Å²) < 4.78 is 31.9. The molecule has 2 aromatic carbocycles. The van der Waals surface area contributed by atoms with E-state index in [0.717, 1.165) is 0 Å². The van der Waals surface area contributed by atoms with Gasteiger partial charge in [-0.3, -0.25) is 4.79 Å². The van der Waals surface area contributed by atoms with E-state index >= 15 is 0 Å². The molecule has 2 aromatic rings. The topological polar surface area (TPSA) is 92.8 Å². The van der Waals surface area contributed by atoms with Crippen molar-refractivity contribution in [1.29, 1.82) is 0 Å². The van der Waals surface area contributed by atoms with Gasteiger partial charge in [0.15, 0.2) is 0 Å². The van der Waals surface area contributed by atoms with Gasteiger partial charge in [0.25, 0.3) is 0 Å². The van der Waals surface area contributed by atoms with E-state index in [1.807, 2.05) is 0 Å². The van der Waals surface area contributed by atoms with Gasteiger partial charge < -0.3 is 10.1 Å². The first-order chi connectivity index (χ1) is 15.1. The SMILES string of the molecule is COC(=O)c1cccc(NC(=O)C2CCN(S(=O)(=O)Cc3c(Cl)cccc3Cl)CC2)c1C. The zero-order chi connectivity index (χ0) is 23.5. The van der Waals surface area contributed by atoms with Crippen molar-refractivity contribution in [2.75, 3.05) is 25.5 Å². The molecule has 1 saturated heterocycles. The molecule has 1 fully saturated rings. The van der Waals surface area contributed by atoms with Gasteiger partial charge in [0, 0.05) is 40.3 Å². The van der Waals surface area contributed by atoms with Crippen molar-refractivity contribution in [3.8, 4) is 0 Å². The molecule has 0 saturated carbocycles. The second kappa shape index (κ2) is 10.2. The van der Waals surface area contributed by atoms with Crippen molar-refractivity contribution in [1.82, 2.24) is 4.31 Å². The minimum absolute atomic E-state index is 0.207. The number of amides is 1. The average molecular weight is 499 g/mol. The Morgan fingerprint density at radius 2 is 1.69 bits per heavy atom. The molecular weight excluding hydrogens is 475 g/mol. The summed E-state index contributed by atoms with van der Waals surface area (Å²) in [7, 11) is -2.33. The Hall–Kier alpha value is -2.13. The highest BCUT2D eigenvalue weighted by Crippen LogP contribution is 2.29. The van der Waals surface area contributed by atoms with Gasteiger partial charge >= 0.3 is 5.97 Å². The van der Waals surface area contributed by atoms with Crippen molar-refractivity contribution in [2.45, 2.75) is 25.5 Å². The number of sulfonamides is 1. The maximum atomic E-state index is 12.9. The zero-order valence-electron chi connectivity index (χ0n) is 17.7. The maximum Gasteiger partial charge on any atom is 0.338 e. The fraction of sp³-hybridized carbons (Fsp3) is 0.364. The van der Waals surface area contributed by atoms with Gasteiger partial charge in [-0.25, -0.2) is 17.5 Å². The molecule has 1 aliphatic heterocycles. The Kier molecular flexibility index (Phi) is 7.82. The van der Waals surface area contributed by atoms with Crippen LogP contribution >= 0.6 is 23.2 Å². The van der Waals surface area contributed by atoms with Crippen LogP contribution in [0.4, 0.5) is 5.69 Å². The van der Waals surface area contributed by atoms with Gasteiger partial charge in [-0.15, -0.1) is 0 Å². The van der Waals surface area contributed by atoms with E-state index in [2.05, 4.69) is 5.32 Å². The highest BCUT2D eigenvalue weighted by molar-refractivity contribution is 7.88. The summed E-state index contributed by atoms with van der Waals surface area (Å²) in [6.45, 7) is 2.18. The molecular formula is C22H24Cl2N2O5S. The summed E-state index contributed by atoms with van der Waals surface area (Å²) >= 11 is 12.2. The third-order valence-corrected chi connectivity index (χ3v) is 8.12. The Bertz CT molecular complexity index is 1110. The molecule has 0 atom stereocenters. The van der Waals surface area contributed by atoms with Gasteiger partial charge in [-0.2, -0.15) is 0 Å². The Balaban J connectivity index is 1.63. The molecule has 0 unspecified atom stereocenters. The van der Waals surface area contributed by atoms with Gasteiger partial charge in [0.05, 0.1) is 18.4 Å². The number of carbonyl (C=O) groups is 2. The summed E-state index contributed by atoms with van der Waals surface area (Å²) in [6.07, 6.45) is 0.772.